The third-order valence-electron chi connectivity index (χ3n) is 3.14. The zero-order chi connectivity index (χ0) is 17.1. The van der Waals surface area contributed by atoms with Gasteiger partial charge in [-0.05, 0) is 0 Å². The van der Waals surface area contributed by atoms with Gasteiger partial charge >= 0.3 is 17.6 Å². The van der Waals surface area contributed by atoms with Crippen LogP contribution in [0.2, 0.25) is 5.02 Å². The molecule has 1 aliphatic heterocycles. The minimum absolute atomic E-state index is 0.0194. The fourth-order valence-electron chi connectivity index (χ4n) is 2.24. The second-order valence-corrected chi connectivity index (χ2v) is 5.41. The first-order valence-corrected chi connectivity index (χ1v) is 7.16. The first-order valence-electron chi connectivity index (χ1n) is 6.78. The zero-order valence-electron chi connectivity index (χ0n) is 12.5. The van der Waals surface area contributed by atoms with Gasteiger partial charge < -0.3 is 19.9 Å². The Morgan fingerprint density at radius 1 is 1.48 bits per heavy atom. The standard InChI is InChI=1S/C13H16ClN3O6/c1-6(18)21-5-8-3-10(22-7(2)19)12(23-8)17-4-9(14)11(15)16-13(17)20/h4,8,10,12H,3,5H2,1-2H3,(H2,15,16,20)/t8-,10+,12+/m0/s1. The van der Waals surface area contributed by atoms with E-state index in [-0.39, 0.29) is 23.9 Å². The highest BCUT2D eigenvalue weighted by Gasteiger charge is 2.40. The number of nitrogens with two attached hydrogens (primary N) is 1. The number of esters is 2. The van der Waals surface area contributed by atoms with Crippen LogP contribution in [0, 0.1) is 0 Å². The lowest BCUT2D eigenvalue weighted by molar-refractivity contribution is -0.153. The van der Waals surface area contributed by atoms with Crippen molar-refractivity contribution in [2.24, 2.45) is 0 Å². The number of hydrogen-bond acceptors (Lipinski definition) is 8. The van der Waals surface area contributed by atoms with E-state index < -0.39 is 36.1 Å². The van der Waals surface area contributed by atoms with Crippen molar-refractivity contribution in [2.75, 3.05) is 12.3 Å². The van der Waals surface area contributed by atoms with E-state index in [2.05, 4.69) is 4.98 Å². The largest absolute Gasteiger partial charge is 0.463 e. The second kappa shape index (κ2) is 6.97. The molecule has 9 nitrogen and oxygen atoms in total. The molecular weight excluding hydrogens is 330 g/mol. The summed E-state index contributed by atoms with van der Waals surface area (Å²) in [4.78, 5) is 37.7. The van der Waals surface area contributed by atoms with E-state index in [1.807, 2.05) is 0 Å². The monoisotopic (exact) mass is 345 g/mol. The molecule has 23 heavy (non-hydrogen) atoms. The average molecular weight is 346 g/mol. The van der Waals surface area contributed by atoms with Gasteiger partial charge in [-0.2, -0.15) is 4.98 Å². The van der Waals surface area contributed by atoms with Gasteiger partial charge in [0.25, 0.3) is 0 Å². The summed E-state index contributed by atoms with van der Waals surface area (Å²) >= 11 is 5.88. The van der Waals surface area contributed by atoms with E-state index in [0.717, 1.165) is 4.57 Å². The molecule has 1 aromatic heterocycles. The van der Waals surface area contributed by atoms with Gasteiger partial charge in [0.05, 0.1) is 11.1 Å². The molecule has 10 heteroatoms. The summed E-state index contributed by atoms with van der Waals surface area (Å²) in [5.74, 6) is -1.10. The highest BCUT2D eigenvalue weighted by Crippen LogP contribution is 2.31. The van der Waals surface area contributed by atoms with Crippen LogP contribution in [0.3, 0.4) is 0 Å². The Balaban J connectivity index is 2.26. The summed E-state index contributed by atoms with van der Waals surface area (Å²) in [6.45, 7) is 2.49. The van der Waals surface area contributed by atoms with Crippen LogP contribution < -0.4 is 11.4 Å². The van der Waals surface area contributed by atoms with Crippen LogP contribution in [0.4, 0.5) is 5.82 Å². The Hall–Kier alpha value is -2.13. The van der Waals surface area contributed by atoms with Crippen molar-refractivity contribution in [2.45, 2.75) is 38.7 Å². The van der Waals surface area contributed by atoms with Crippen molar-refractivity contribution in [1.29, 1.82) is 0 Å². The minimum Gasteiger partial charge on any atom is -0.463 e. The number of nitrogens with zero attached hydrogens (tertiary/aromatic N) is 2. The molecule has 126 valence electrons. The predicted molar refractivity (Wildman–Crippen MR) is 78.6 cm³/mol. The molecule has 0 aliphatic carbocycles. The van der Waals surface area contributed by atoms with Crippen LogP contribution in [-0.4, -0.2) is 40.3 Å². The average Bonchev–Trinajstić information content (AvgIpc) is 2.82. The maximum Gasteiger partial charge on any atom is 0.351 e. The molecule has 1 aliphatic rings. The zero-order valence-corrected chi connectivity index (χ0v) is 13.3. The van der Waals surface area contributed by atoms with Gasteiger partial charge in [0.15, 0.2) is 6.23 Å². The molecule has 0 saturated carbocycles. The van der Waals surface area contributed by atoms with E-state index in [1.54, 1.807) is 0 Å². The van der Waals surface area contributed by atoms with E-state index in [1.165, 1.54) is 20.0 Å². The molecule has 1 saturated heterocycles. The highest BCUT2D eigenvalue weighted by molar-refractivity contribution is 6.32. The van der Waals surface area contributed by atoms with Crippen LogP contribution >= 0.6 is 11.6 Å². The molecule has 0 radical (unpaired) electrons. The van der Waals surface area contributed by atoms with E-state index >= 15 is 0 Å². The minimum atomic E-state index is -0.933. The highest BCUT2D eigenvalue weighted by atomic mass is 35.5. The van der Waals surface area contributed by atoms with Crippen LogP contribution in [-0.2, 0) is 23.8 Å². The number of ether oxygens (including phenoxy) is 3. The fraction of sp³-hybridized carbons (Fsp3) is 0.538. The molecule has 2 heterocycles. The van der Waals surface area contributed by atoms with Gasteiger partial charge in [0, 0.05) is 26.5 Å². The molecule has 0 aromatic carbocycles. The van der Waals surface area contributed by atoms with Crippen molar-refractivity contribution in [3.05, 3.63) is 21.7 Å². The molecule has 0 bridgehead atoms. The van der Waals surface area contributed by atoms with Crippen LogP contribution in [0.1, 0.15) is 26.5 Å². The SMILES string of the molecule is CC(=O)OC[C@@H]1C[C@@H](OC(C)=O)[C@H](n2cc(Cl)c(N)nc2=O)O1. The van der Waals surface area contributed by atoms with Gasteiger partial charge in [-0.3, -0.25) is 14.2 Å². The predicted octanol–water partition coefficient (Wildman–Crippen LogP) is 0.261. The molecule has 0 spiro atoms. The first-order chi connectivity index (χ1) is 10.8. The Morgan fingerprint density at radius 3 is 2.78 bits per heavy atom. The summed E-state index contributed by atoms with van der Waals surface area (Å²) < 4.78 is 16.8. The number of nitrogen functional groups attached to an aromatic ring is 1. The topological polar surface area (TPSA) is 123 Å². The fourth-order valence-corrected chi connectivity index (χ4v) is 2.39. The lowest BCUT2D eigenvalue weighted by Crippen LogP contribution is -2.34. The van der Waals surface area contributed by atoms with Crippen molar-refractivity contribution >= 4 is 29.4 Å². The van der Waals surface area contributed by atoms with Gasteiger partial charge in [-0.1, -0.05) is 11.6 Å². The molecule has 1 fully saturated rings. The molecule has 0 unspecified atom stereocenters. The number of hydrogen-bond donors (Lipinski definition) is 1. The van der Waals surface area contributed by atoms with Crippen LogP contribution in [0.5, 0.6) is 0 Å². The maximum absolute atomic E-state index is 12.0. The summed E-state index contributed by atoms with van der Waals surface area (Å²) in [5, 5.41) is 0.0678. The van der Waals surface area contributed by atoms with Crippen molar-refractivity contribution in [3.63, 3.8) is 0 Å². The molecule has 2 rings (SSSR count). The molecule has 0 amide bonds. The Labute approximate surface area is 136 Å². The van der Waals surface area contributed by atoms with Gasteiger partial charge in [-0.25, -0.2) is 4.79 Å². The third-order valence-corrected chi connectivity index (χ3v) is 3.43. The number of anilines is 1. The smallest absolute Gasteiger partial charge is 0.351 e. The first kappa shape index (κ1) is 17.2. The molecular formula is C13H16ClN3O6. The summed E-state index contributed by atoms with van der Waals surface area (Å²) in [6, 6.07) is 0. The number of carbonyl (C=O) groups excluding carboxylic acids is 2. The van der Waals surface area contributed by atoms with Crippen LogP contribution in [0.25, 0.3) is 0 Å². The lowest BCUT2D eigenvalue weighted by Gasteiger charge is -2.20. The number of halogens is 1. The number of rotatable bonds is 4. The Kier molecular flexibility index (Phi) is 5.22. The Bertz CT molecular complexity index is 676. The van der Waals surface area contributed by atoms with E-state index in [0.29, 0.717) is 0 Å². The number of aromatic nitrogens is 2. The Morgan fingerprint density at radius 2 is 2.17 bits per heavy atom. The summed E-state index contributed by atoms with van der Waals surface area (Å²) in [7, 11) is 0. The van der Waals surface area contributed by atoms with Crippen molar-refractivity contribution < 1.29 is 23.8 Å². The third kappa shape index (κ3) is 4.20. The summed E-state index contributed by atoms with van der Waals surface area (Å²) in [5.41, 5.74) is 4.78. The number of carbonyl (C=O) groups is 2. The molecule has 2 N–H and O–H groups in total. The molecule has 1 aromatic rings. The van der Waals surface area contributed by atoms with E-state index in [9.17, 15) is 14.4 Å². The van der Waals surface area contributed by atoms with Gasteiger partial charge in [-0.15, -0.1) is 0 Å². The quantitative estimate of drug-likeness (QED) is 0.771. The van der Waals surface area contributed by atoms with Gasteiger partial charge in [0.2, 0.25) is 0 Å². The summed E-state index contributed by atoms with van der Waals surface area (Å²) in [6.07, 6.45) is -0.686. The van der Waals surface area contributed by atoms with Gasteiger partial charge in [0.1, 0.15) is 18.5 Å². The van der Waals surface area contributed by atoms with Crippen molar-refractivity contribution in [1.82, 2.24) is 9.55 Å². The van der Waals surface area contributed by atoms with E-state index in [4.69, 9.17) is 31.5 Å². The normalized spacial score (nSPS) is 23.5. The maximum atomic E-state index is 12.0. The van der Waals surface area contributed by atoms with Crippen LogP contribution in [0.15, 0.2) is 11.0 Å². The lowest BCUT2D eigenvalue weighted by atomic mass is 10.2. The second-order valence-electron chi connectivity index (χ2n) is 5.00. The van der Waals surface area contributed by atoms with Crippen molar-refractivity contribution in [3.8, 4) is 0 Å². The molecule has 3 atom stereocenters.